The maximum atomic E-state index is 12.9. The maximum absolute atomic E-state index is 12.9. The molecule has 0 saturated heterocycles. The number of rotatable bonds is 6. The Morgan fingerprint density at radius 2 is 1.91 bits per heavy atom. The summed E-state index contributed by atoms with van der Waals surface area (Å²) in [5.74, 6) is -0.476. The highest BCUT2D eigenvalue weighted by molar-refractivity contribution is 5.92. The predicted molar refractivity (Wildman–Crippen MR) is 121 cm³/mol. The number of hydrogen-bond acceptors (Lipinski definition) is 5. The second-order valence-electron chi connectivity index (χ2n) is 8.33. The first-order valence-corrected chi connectivity index (χ1v) is 11.1. The van der Waals surface area contributed by atoms with Gasteiger partial charge in [-0.3, -0.25) is 9.78 Å². The molecular formula is C25H28N4O3. The second-order valence-corrected chi connectivity index (χ2v) is 8.33. The van der Waals surface area contributed by atoms with Gasteiger partial charge in [-0.2, -0.15) is 5.10 Å². The average Bonchev–Trinajstić information content (AvgIpc) is 3.27. The zero-order valence-electron chi connectivity index (χ0n) is 18.4. The molecule has 1 N–H and O–H groups in total. The lowest BCUT2D eigenvalue weighted by molar-refractivity contribution is -0.130. The Bertz CT molecular complexity index is 1010. The topological polar surface area (TPSA) is 86.1 Å². The Morgan fingerprint density at radius 3 is 2.62 bits per heavy atom. The number of nitrogens with one attached hydrogen (secondary N) is 1. The van der Waals surface area contributed by atoms with Gasteiger partial charge >= 0.3 is 5.97 Å². The van der Waals surface area contributed by atoms with Gasteiger partial charge in [0, 0.05) is 24.0 Å². The minimum atomic E-state index is -0.902. The van der Waals surface area contributed by atoms with Crippen LogP contribution in [0, 0.1) is 5.92 Å². The van der Waals surface area contributed by atoms with Crippen LogP contribution in [-0.4, -0.2) is 38.8 Å². The first-order valence-electron chi connectivity index (χ1n) is 11.1. The third-order valence-corrected chi connectivity index (χ3v) is 5.97. The minimum Gasteiger partial charge on any atom is -0.448 e. The van der Waals surface area contributed by atoms with Crippen molar-refractivity contribution in [2.75, 3.05) is 0 Å². The molecule has 1 aromatic carbocycles. The summed E-state index contributed by atoms with van der Waals surface area (Å²) in [5, 5.41) is 7.52. The van der Waals surface area contributed by atoms with Crippen LogP contribution in [-0.2, 0) is 9.53 Å². The third kappa shape index (κ3) is 4.88. The molecule has 1 aliphatic rings. The number of esters is 1. The molecule has 7 heteroatoms. The van der Waals surface area contributed by atoms with Crippen molar-refractivity contribution in [3.8, 4) is 16.9 Å². The van der Waals surface area contributed by atoms with Crippen molar-refractivity contribution < 1.29 is 14.3 Å². The molecule has 4 rings (SSSR count). The van der Waals surface area contributed by atoms with Crippen molar-refractivity contribution in [3.05, 3.63) is 66.6 Å². The first-order chi connectivity index (χ1) is 15.5. The van der Waals surface area contributed by atoms with E-state index in [0.717, 1.165) is 30.5 Å². The molecular weight excluding hydrogens is 404 g/mol. The van der Waals surface area contributed by atoms with Crippen LogP contribution in [0.5, 0.6) is 0 Å². The van der Waals surface area contributed by atoms with Gasteiger partial charge < -0.3 is 10.1 Å². The molecule has 3 atom stereocenters. The van der Waals surface area contributed by atoms with E-state index < -0.39 is 12.1 Å². The number of ether oxygens (including phenoxy) is 1. The first kappa shape index (κ1) is 21.7. The van der Waals surface area contributed by atoms with E-state index in [1.165, 1.54) is 6.42 Å². The minimum absolute atomic E-state index is 0.131. The maximum Gasteiger partial charge on any atom is 0.359 e. The highest BCUT2D eigenvalue weighted by atomic mass is 16.5. The van der Waals surface area contributed by atoms with Gasteiger partial charge in [-0.1, -0.05) is 38.0 Å². The van der Waals surface area contributed by atoms with E-state index >= 15 is 0 Å². The fourth-order valence-electron chi connectivity index (χ4n) is 4.07. The number of benzene rings is 1. The Balaban J connectivity index is 1.52. The smallest absolute Gasteiger partial charge is 0.359 e. The summed E-state index contributed by atoms with van der Waals surface area (Å²) in [6.45, 7) is 3.74. The highest BCUT2D eigenvalue weighted by Crippen LogP contribution is 2.25. The summed E-state index contributed by atoms with van der Waals surface area (Å²) >= 11 is 0. The normalized spacial score (nSPS) is 19.2. The Labute approximate surface area is 187 Å². The summed E-state index contributed by atoms with van der Waals surface area (Å²) in [6.07, 6.45) is 6.87. The van der Waals surface area contributed by atoms with Gasteiger partial charge in [-0.15, -0.1) is 0 Å². The number of aromatic nitrogens is 3. The molecule has 1 amide bonds. The van der Waals surface area contributed by atoms with Gasteiger partial charge in [0.2, 0.25) is 0 Å². The number of nitrogens with zero attached hydrogens (tertiary/aromatic N) is 3. The van der Waals surface area contributed by atoms with E-state index in [0.29, 0.717) is 11.6 Å². The summed E-state index contributed by atoms with van der Waals surface area (Å²) in [6, 6.07) is 15.1. The molecule has 2 heterocycles. The molecule has 3 aromatic rings. The van der Waals surface area contributed by atoms with Crippen molar-refractivity contribution in [2.45, 2.75) is 51.7 Å². The molecule has 1 fully saturated rings. The van der Waals surface area contributed by atoms with Gasteiger partial charge in [-0.25, -0.2) is 9.48 Å². The molecule has 0 radical (unpaired) electrons. The third-order valence-electron chi connectivity index (χ3n) is 5.97. The van der Waals surface area contributed by atoms with Crippen LogP contribution in [0.25, 0.3) is 16.9 Å². The van der Waals surface area contributed by atoms with E-state index in [9.17, 15) is 9.59 Å². The van der Waals surface area contributed by atoms with Gasteiger partial charge in [0.1, 0.15) is 0 Å². The van der Waals surface area contributed by atoms with Crippen LogP contribution in [0.3, 0.4) is 0 Å². The Kier molecular flexibility index (Phi) is 6.63. The van der Waals surface area contributed by atoms with Crippen LogP contribution >= 0.6 is 0 Å². The lowest BCUT2D eigenvalue weighted by Gasteiger charge is -2.30. The van der Waals surface area contributed by atoms with Crippen LogP contribution in [0.1, 0.15) is 50.0 Å². The van der Waals surface area contributed by atoms with E-state index in [1.54, 1.807) is 30.1 Å². The largest absolute Gasteiger partial charge is 0.448 e. The highest BCUT2D eigenvalue weighted by Gasteiger charge is 2.27. The van der Waals surface area contributed by atoms with Crippen molar-refractivity contribution in [2.24, 2.45) is 5.92 Å². The predicted octanol–water partition coefficient (Wildman–Crippen LogP) is 4.17. The molecule has 1 saturated carbocycles. The van der Waals surface area contributed by atoms with Crippen LogP contribution in [0.4, 0.5) is 0 Å². The van der Waals surface area contributed by atoms with E-state index in [-0.39, 0.29) is 17.6 Å². The molecule has 0 unspecified atom stereocenters. The zero-order valence-corrected chi connectivity index (χ0v) is 18.4. The molecule has 0 spiro atoms. The molecule has 2 aromatic heterocycles. The van der Waals surface area contributed by atoms with E-state index in [4.69, 9.17) is 4.74 Å². The molecule has 32 heavy (non-hydrogen) atoms. The number of carbonyl (C=O) groups excluding carboxylic acids is 2. The van der Waals surface area contributed by atoms with E-state index in [2.05, 4.69) is 22.3 Å². The monoisotopic (exact) mass is 432 g/mol. The summed E-state index contributed by atoms with van der Waals surface area (Å²) in [5.41, 5.74) is 2.48. The van der Waals surface area contributed by atoms with Crippen molar-refractivity contribution in [1.82, 2.24) is 20.1 Å². The Hall–Kier alpha value is -3.48. The van der Waals surface area contributed by atoms with Crippen LogP contribution in [0.2, 0.25) is 0 Å². The fraction of sp³-hybridized carbons (Fsp3) is 0.360. The average molecular weight is 433 g/mol. The number of para-hydroxylation sites is 1. The molecule has 166 valence electrons. The fourth-order valence-corrected chi connectivity index (χ4v) is 4.07. The van der Waals surface area contributed by atoms with Crippen molar-refractivity contribution in [1.29, 1.82) is 0 Å². The lowest BCUT2D eigenvalue weighted by Crippen LogP contribution is -2.46. The number of amides is 1. The van der Waals surface area contributed by atoms with Gasteiger partial charge in [0.05, 0.1) is 11.4 Å². The number of pyridine rings is 1. The summed E-state index contributed by atoms with van der Waals surface area (Å²) in [7, 11) is 0. The number of carbonyl (C=O) groups is 2. The quantitative estimate of drug-likeness (QED) is 0.591. The zero-order chi connectivity index (χ0) is 22.5. The molecule has 7 nitrogen and oxygen atoms in total. The van der Waals surface area contributed by atoms with Crippen molar-refractivity contribution >= 4 is 11.9 Å². The number of hydrogen-bond donors (Lipinski definition) is 1. The molecule has 1 aliphatic carbocycles. The summed E-state index contributed by atoms with van der Waals surface area (Å²) in [4.78, 5) is 29.6. The van der Waals surface area contributed by atoms with Gasteiger partial charge in [0.15, 0.2) is 11.8 Å². The van der Waals surface area contributed by atoms with Gasteiger partial charge in [-0.05, 0) is 56.0 Å². The SMILES string of the molecule is C[C@H](OC(=O)c1cc(-c2cccnc2)n(-c2ccccc2)n1)C(=O)N[C@@H]1CCCC[C@H]1C. The standard InChI is InChI=1S/C25H28N4O3/c1-17-9-6-7-13-21(17)27-24(30)18(2)32-25(31)22-15-23(19-10-8-14-26-16-19)29(28-22)20-11-4-3-5-12-20/h3-5,8,10-12,14-18,21H,6-7,9,13H2,1-2H3,(H,27,30)/t17-,18+,21-/m1/s1. The summed E-state index contributed by atoms with van der Waals surface area (Å²) < 4.78 is 7.16. The van der Waals surface area contributed by atoms with Crippen LogP contribution in [0.15, 0.2) is 60.9 Å². The Morgan fingerprint density at radius 1 is 1.12 bits per heavy atom. The van der Waals surface area contributed by atoms with E-state index in [1.807, 2.05) is 42.5 Å². The van der Waals surface area contributed by atoms with Crippen LogP contribution < -0.4 is 5.32 Å². The van der Waals surface area contributed by atoms with Gasteiger partial charge in [0.25, 0.3) is 5.91 Å². The lowest BCUT2D eigenvalue weighted by atomic mass is 9.86. The van der Waals surface area contributed by atoms with Crippen molar-refractivity contribution in [3.63, 3.8) is 0 Å². The molecule has 0 aliphatic heterocycles. The second kappa shape index (κ2) is 9.77. The molecule has 0 bridgehead atoms.